The van der Waals surface area contributed by atoms with E-state index in [9.17, 15) is 9.59 Å². The number of hydrogen-bond acceptors (Lipinski definition) is 6. The lowest BCUT2D eigenvalue weighted by molar-refractivity contribution is -0.117. The molecule has 25 heavy (non-hydrogen) atoms. The Morgan fingerprint density at radius 1 is 1.20 bits per heavy atom. The Bertz CT molecular complexity index is 713. The Labute approximate surface area is 151 Å². The standard InChI is InChI=1S/C17H22N4O3S/c1-11(2)8-9-18-16(23)19-14(22)10-25-17-21-20-15(24-17)13-6-4-12(3)5-7-13/h4-7,11H,8-10H2,1-3H3,(H2,18,19,22,23). The zero-order valence-electron chi connectivity index (χ0n) is 14.5. The molecule has 2 aromatic rings. The summed E-state index contributed by atoms with van der Waals surface area (Å²) in [7, 11) is 0. The van der Waals surface area contributed by atoms with E-state index in [1.807, 2.05) is 31.2 Å². The fourth-order valence-electron chi connectivity index (χ4n) is 1.89. The van der Waals surface area contributed by atoms with Crippen molar-refractivity contribution >= 4 is 23.7 Å². The van der Waals surface area contributed by atoms with Gasteiger partial charge in [-0.2, -0.15) is 0 Å². The van der Waals surface area contributed by atoms with Crippen LogP contribution >= 0.6 is 11.8 Å². The third-order valence-corrected chi connectivity index (χ3v) is 4.11. The van der Waals surface area contributed by atoms with Crippen molar-refractivity contribution in [1.29, 1.82) is 0 Å². The molecular weight excluding hydrogens is 340 g/mol. The number of amides is 3. The smallest absolute Gasteiger partial charge is 0.321 e. The molecule has 0 bridgehead atoms. The molecule has 1 heterocycles. The Morgan fingerprint density at radius 2 is 1.92 bits per heavy atom. The summed E-state index contributed by atoms with van der Waals surface area (Å²) >= 11 is 1.09. The fraction of sp³-hybridized carbons (Fsp3) is 0.412. The van der Waals surface area contributed by atoms with Crippen LogP contribution in [0, 0.1) is 12.8 Å². The number of carbonyl (C=O) groups excluding carboxylic acids is 2. The van der Waals surface area contributed by atoms with Crippen LogP contribution in [0.1, 0.15) is 25.8 Å². The topological polar surface area (TPSA) is 97.1 Å². The minimum Gasteiger partial charge on any atom is -0.411 e. The van der Waals surface area contributed by atoms with Gasteiger partial charge in [-0.1, -0.05) is 43.3 Å². The highest BCUT2D eigenvalue weighted by atomic mass is 32.2. The summed E-state index contributed by atoms with van der Waals surface area (Å²) in [5, 5.41) is 13.1. The van der Waals surface area contributed by atoms with Gasteiger partial charge in [0.1, 0.15) is 0 Å². The van der Waals surface area contributed by atoms with E-state index in [1.165, 1.54) is 0 Å². The van der Waals surface area contributed by atoms with E-state index in [1.54, 1.807) is 0 Å². The van der Waals surface area contributed by atoms with E-state index in [4.69, 9.17) is 4.42 Å². The quantitative estimate of drug-likeness (QED) is 0.735. The number of imide groups is 1. The van der Waals surface area contributed by atoms with Crippen molar-refractivity contribution in [3.63, 3.8) is 0 Å². The Balaban J connectivity index is 1.76. The van der Waals surface area contributed by atoms with E-state index >= 15 is 0 Å². The van der Waals surface area contributed by atoms with Crippen LogP contribution in [0.15, 0.2) is 33.9 Å². The molecule has 0 atom stereocenters. The van der Waals surface area contributed by atoms with Gasteiger partial charge in [-0.15, -0.1) is 10.2 Å². The molecule has 0 aliphatic carbocycles. The normalized spacial score (nSPS) is 10.7. The largest absolute Gasteiger partial charge is 0.411 e. The first-order chi connectivity index (χ1) is 11.9. The lowest BCUT2D eigenvalue weighted by atomic mass is 10.1. The van der Waals surface area contributed by atoms with Gasteiger partial charge >= 0.3 is 6.03 Å². The summed E-state index contributed by atoms with van der Waals surface area (Å²) in [5.74, 6) is 0.496. The molecule has 134 valence electrons. The second-order valence-electron chi connectivity index (χ2n) is 6.01. The molecule has 0 unspecified atom stereocenters. The molecule has 2 N–H and O–H groups in total. The number of carbonyl (C=O) groups is 2. The monoisotopic (exact) mass is 362 g/mol. The van der Waals surface area contributed by atoms with Crippen molar-refractivity contribution < 1.29 is 14.0 Å². The van der Waals surface area contributed by atoms with Crippen molar-refractivity contribution in [2.75, 3.05) is 12.3 Å². The molecule has 7 nitrogen and oxygen atoms in total. The number of aromatic nitrogens is 2. The molecule has 0 saturated carbocycles. The molecule has 3 amide bonds. The number of urea groups is 1. The maximum Gasteiger partial charge on any atom is 0.321 e. The minimum atomic E-state index is -0.489. The number of aryl methyl sites for hydroxylation is 1. The van der Waals surface area contributed by atoms with Gasteiger partial charge < -0.3 is 9.73 Å². The molecule has 0 spiro atoms. The molecule has 0 fully saturated rings. The van der Waals surface area contributed by atoms with Crippen LogP contribution in [0.5, 0.6) is 0 Å². The Morgan fingerprint density at radius 3 is 2.60 bits per heavy atom. The fourth-order valence-corrected chi connectivity index (χ4v) is 2.45. The highest BCUT2D eigenvalue weighted by Gasteiger charge is 2.13. The molecule has 8 heteroatoms. The van der Waals surface area contributed by atoms with Gasteiger partial charge in [0.25, 0.3) is 5.22 Å². The van der Waals surface area contributed by atoms with Gasteiger partial charge in [0, 0.05) is 12.1 Å². The van der Waals surface area contributed by atoms with Crippen LogP contribution in [0.2, 0.25) is 0 Å². The van der Waals surface area contributed by atoms with E-state index in [2.05, 4.69) is 34.7 Å². The molecule has 0 aliphatic rings. The summed E-state index contributed by atoms with van der Waals surface area (Å²) in [6, 6.07) is 7.21. The van der Waals surface area contributed by atoms with E-state index in [0.717, 1.165) is 29.3 Å². The first kappa shape index (κ1) is 19.0. The van der Waals surface area contributed by atoms with Crippen molar-refractivity contribution in [3.8, 4) is 11.5 Å². The average molecular weight is 362 g/mol. The lowest BCUT2D eigenvalue weighted by Crippen LogP contribution is -2.40. The molecule has 0 radical (unpaired) electrons. The van der Waals surface area contributed by atoms with Gasteiger partial charge in [0.05, 0.1) is 5.75 Å². The third kappa shape index (κ3) is 6.58. The zero-order chi connectivity index (χ0) is 18.2. The number of benzene rings is 1. The number of hydrogen-bond donors (Lipinski definition) is 2. The molecule has 0 aliphatic heterocycles. The first-order valence-electron chi connectivity index (χ1n) is 8.05. The Kier molecular flexibility index (Phi) is 7.00. The first-order valence-corrected chi connectivity index (χ1v) is 9.03. The van der Waals surface area contributed by atoms with Crippen molar-refractivity contribution in [2.45, 2.75) is 32.4 Å². The Hall–Kier alpha value is -2.35. The minimum absolute atomic E-state index is 0.0210. The van der Waals surface area contributed by atoms with Crippen molar-refractivity contribution in [3.05, 3.63) is 29.8 Å². The van der Waals surface area contributed by atoms with Crippen LogP contribution in [-0.2, 0) is 4.79 Å². The number of nitrogens with one attached hydrogen (secondary N) is 2. The van der Waals surface area contributed by atoms with Crippen LogP contribution in [0.3, 0.4) is 0 Å². The molecular formula is C17H22N4O3S. The maximum absolute atomic E-state index is 11.8. The SMILES string of the molecule is Cc1ccc(-c2nnc(SCC(=O)NC(=O)NCCC(C)C)o2)cc1. The van der Waals surface area contributed by atoms with Crippen molar-refractivity contribution in [2.24, 2.45) is 5.92 Å². The van der Waals surface area contributed by atoms with Gasteiger partial charge in [-0.05, 0) is 31.4 Å². The van der Waals surface area contributed by atoms with Crippen LogP contribution in [0.25, 0.3) is 11.5 Å². The van der Waals surface area contributed by atoms with Crippen LogP contribution < -0.4 is 10.6 Å². The summed E-state index contributed by atoms with van der Waals surface area (Å²) in [6.07, 6.45) is 0.861. The molecule has 2 rings (SSSR count). The van der Waals surface area contributed by atoms with E-state index < -0.39 is 11.9 Å². The molecule has 0 saturated heterocycles. The second-order valence-corrected chi connectivity index (χ2v) is 6.94. The van der Waals surface area contributed by atoms with E-state index in [-0.39, 0.29) is 11.0 Å². The highest BCUT2D eigenvalue weighted by molar-refractivity contribution is 7.99. The average Bonchev–Trinajstić information content (AvgIpc) is 3.02. The van der Waals surface area contributed by atoms with Gasteiger partial charge in [-0.3, -0.25) is 10.1 Å². The number of rotatable bonds is 7. The number of thioether (sulfide) groups is 1. The summed E-state index contributed by atoms with van der Waals surface area (Å²) in [4.78, 5) is 23.3. The van der Waals surface area contributed by atoms with Crippen molar-refractivity contribution in [1.82, 2.24) is 20.8 Å². The van der Waals surface area contributed by atoms with Crippen LogP contribution in [0.4, 0.5) is 4.79 Å². The molecule has 1 aromatic heterocycles. The third-order valence-electron chi connectivity index (χ3n) is 3.29. The predicted molar refractivity (Wildman–Crippen MR) is 96.2 cm³/mol. The summed E-state index contributed by atoms with van der Waals surface area (Å²) in [6.45, 7) is 6.66. The second kappa shape index (κ2) is 9.22. The maximum atomic E-state index is 11.8. The predicted octanol–water partition coefficient (Wildman–Crippen LogP) is 3.01. The van der Waals surface area contributed by atoms with Gasteiger partial charge in [-0.25, -0.2) is 4.79 Å². The molecule has 1 aromatic carbocycles. The summed E-state index contributed by atoms with van der Waals surface area (Å²) in [5.41, 5.74) is 1.96. The highest BCUT2D eigenvalue weighted by Crippen LogP contribution is 2.23. The van der Waals surface area contributed by atoms with Crippen LogP contribution in [-0.4, -0.2) is 34.4 Å². The van der Waals surface area contributed by atoms with Gasteiger partial charge in [0.15, 0.2) is 0 Å². The number of nitrogens with zero attached hydrogens (tertiary/aromatic N) is 2. The van der Waals surface area contributed by atoms with Gasteiger partial charge in [0.2, 0.25) is 11.8 Å². The zero-order valence-corrected chi connectivity index (χ0v) is 15.4. The lowest BCUT2D eigenvalue weighted by Gasteiger charge is -2.07. The summed E-state index contributed by atoms with van der Waals surface area (Å²) < 4.78 is 5.52. The van der Waals surface area contributed by atoms with E-state index in [0.29, 0.717) is 18.4 Å².